The van der Waals surface area contributed by atoms with Gasteiger partial charge in [-0.15, -0.1) is 0 Å². The number of hydrogen-bond acceptors (Lipinski definition) is 4. The molecule has 1 aromatic heterocycles. The van der Waals surface area contributed by atoms with Gasteiger partial charge in [0.25, 0.3) is 0 Å². The van der Waals surface area contributed by atoms with E-state index in [1.165, 1.54) is 0 Å². The molecule has 19 heavy (non-hydrogen) atoms. The SMILES string of the molecule is COc1cc(C)ccc1Oc1cc(C)ncc1CO. The Bertz CT molecular complexity index is 582. The average Bonchev–Trinajstić information content (AvgIpc) is 2.41. The molecule has 0 fully saturated rings. The number of pyridine rings is 1. The molecule has 0 atom stereocenters. The largest absolute Gasteiger partial charge is 0.493 e. The zero-order chi connectivity index (χ0) is 13.8. The third kappa shape index (κ3) is 3.03. The van der Waals surface area contributed by atoms with Gasteiger partial charge in [0, 0.05) is 23.5 Å². The number of aromatic nitrogens is 1. The normalized spacial score (nSPS) is 10.3. The Morgan fingerprint density at radius 1 is 1.11 bits per heavy atom. The molecule has 1 heterocycles. The summed E-state index contributed by atoms with van der Waals surface area (Å²) in [5.74, 6) is 1.88. The molecule has 1 aromatic carbocycles. The van der Waals surface area contributed by atoms with Crippen molar-refractivity contribution in [2.75, 3.05) is 7.11 Å². The molecule has 0 aliphatic rings. The van der Waals surface area contributed by atoms with Gasteiger partial charge in [0.05, 0.1) is 13.7 Å². The molecule has 4 nitrogen and oxygen atoms in total. The van der Waals surface area contributed by atoms with E-state index in [0.29, 0.717) is 22.8 Å². The van der Waals surface area contributed by atoms with E-state index in [2.05, 4.69) is 4.98 Å². The summed E-state index contributed by atoms with van der Waals surface area (Å²) in [6, 6.07) is 7.50. The second-order valence-electron chi connectivity index (χ2n) is 4.35. The molecule has 0 spiro atoms. The van der Waals surface area contributed by atoms with E-state index in [-0.39, 0.29) is 6.61 Å². The molecule has 0 amide bonds. The van der Waals surface area contributed by atoms with Crippen molar-refractivity contribution in [2.45, 2.75) is 20.5 Å². The first-order valence-corrected chi connectivity index (χ1v) is 6.03. The molecular formula is C15H17NO3. The number of methoxy groups -OCH3 is 1. The Hall–Kier alpha value is -2.07. The number of aliphatic hydroxyl groups excluding tert-OH is 1. The molecule has 2 aromatic rings. The van der Waals surface area contributed by atoms with Crippen molar-refractivity contribution >= 4 is 0 Å². The van der Waals surface area contributed by atoms with Gasteiger partial charge in [0.1, 0.15) is 5.75 Å². The zero-order valence-corrected chi connectivity index (χ0v) is 11.3. The van der Waals surface area contributed by atoms with Crippen molar-refractivity contribution in [3.8, 4) is 17.2 Å². The first-order valence-electron chi connectivity index (χ1n) is 6.03. The standard InChI is InChI=1S/C15H17NO3/c1-10-4-5-13(15(6-10)18-3)19-14-7-11(2)16-8-12(14)9-17/h4-8,17H,9H2,1-3H3. The van der Waals surface area contributed by atoms with Gasteiger partial charge >= 0.3 is 0 Å². The van der Waals surface area contributed by atoms with Crippen molar-refractivity contribution in [3.63, 3.8) is 0 Å². The molecule has 1 N–H and O–H groups in total. The van der Waals surface area contributed by atoms with Gasteiger partial charge < -0.3 is 14.6 Å². The smallest absolute Gasteiger partial charge is 0.169 e. The highest BCUT2D eigenvalue weighted by Gasteiger charge is 2.10. The van der Waals surface area contributed by atoms with Crippen LogP contribution in [0.15, 0.2) is 30.5 Å². The van der Waals surface area contributed by atoms with Crippen LogP contribution in [-0.4, -0.2) is 17.2 Å². The topological polar surface area (TPSA) is 51.6 Å². The highest BCUT2D eigenvalue weighted by atomic mass is 16.5. The Labute approximate surface area is 112 Å². The Kier molecular flexibility index (Phi) is 4.02. The summed E-state index contributed by atoms with van der Waals surface area (Å²) in [6.45, 7) is 3.75. The molecule has 100 valence electrons. The lowest BCUT2D eigenvalue weighted by molar-refractivity contribution is 0.275. The third-order valence-electron chi connectivity index (χ3n) is 2.79. The van der Waals surface area contributed by atoms with Gasteiger partial charge in [0.15, 0.2) is 11.5 Å². The van der Waals surface area contributed by atoms with Crippen molar-refractivity contribution in [1.29, 1.82) is 0 Å². The minimum atomic E-state index is -0.114. The molecular weight excluding hydrogens is 242 g/mol. The summed E-state index contributed by atoms with van der Waals surface area (Å²) in [4.78, 5) is 4.14. The summed E-state index contributed by atoms with van der Waals surface area (Å²) in [5.41, 5.74) is 2.57. The Balaban J connectivity index is 2.38. The van der Waals surface area contributed by atoms with E-state index < -0.39 is 0 Å². The average molecular weight is 259 g/mol. The van der Waals surface area contributed by atoms with Gasteiger partial charge in [0.2, 0.25) is 0 Å². The second kappa shape index (κ2) is 5.71. The van der Waals surface area contributed by atoms with Crippen LogP contribution in [0.2, 0.25) is 0 Å². The van der Waals surface area contributed by atoms with Crippen LogP contribution in [0.5, 0.6) is 17.2 Å². The first kappa shape index (κ1) is 13.4. The first-order chi connectivity index (χ1) is 9.13. The monoisotopic (exact) mass is 259 g/mol. The summed E-state index contributed by atoms with van der Waals surface area (Å²) in [7, 11) is 1.60. The highest BCUT2D eigenvalue weighted by molar-refractivity contribution is 5.46. The predicted octanol–water partition coefficient (Wildman–Crippen LogP) is 2.99. The zero-order valence-electron chi connectivity index (χ0n) is 11.3. The maximum atomic E-state index is 9.31. The number of hydrogen-bond donors (Lipinski definition) is 1. The lowest BCUT2D eigenvalue weighted by atomic mass is 10.2. The number of benzene rings is 1. The fourth-order valence-electron chi connectivity index (χ4n) is 1.75. The molecule has 2 rings (SSSR count). The number of aryl methyl sites for hydroxylation is 2. The molecule has 0 unspecified atom stereocenters. The number of rotatable bonds is 4. The van der Waals surface area contributed by atoms with Gasteiger partial charge in [-0.1, -0.05) is 6.07 Å². The van der Waals surface area contributed by atoms with Crippen LogP contribution in [0.25, 0.3) is 0 Å². The Morgan fingerprint density at radius 3 is 2.58 bits per heavy atom. The fraction of sp³-hybridized carbons (Fsp3) is 0.267. The number of aliphatic hydroxyl groups is 1. The van der Waals surface area contributed by atoms with Gasteiger partial charge in [-0.05, 0) is 31.5 Å². The minimum Gasteiger partial charge on any atom is -0.493 e. The number of ether oxygens (including phenoxy) is 2. The second-order valence-corrected chi connectivity index (χ2v) is 4.35. The van der Waals surface area contributed by atoms with Crippen LogP contribution >= 0.6 is 0 Å². The maximum Gasteiger partial charge on any atom is 0.169 e. The third-order valence-corrected chi connectivity index (χ3v) is 2.79. The van der Waals surface area contributed by atoms with Crippen LogP contribution in [0.1, 0.15) is 16.8 Å². The van der Waals surface area contributed by atoms with E-state index >= 15 is 0 Å². The van der Waals surface area contributed by atoms with E-state index in [0.717, 1.165) is 11.3 Å². The van der Waals surface area contributed by atoms with E-state index in [1.807, 2.05) is 32.0 Å². The van der Waals surface area contributed by atoms with E-state index in [1.54, 1.807) is 19.4 Å². The molecule has 0 aliphatic heterocycles. The molecule has 0 saturated carbocycles. The summed E-state index contributed by atoms with van der Waals surface area (Å²) in [5, 5.41) is 9.31. The molecule has 0 saturated heterocycles. The van der Waals surface area contributed by atoms with Crippen LogP contribution in [0.4, 0.5) is 0 Å². The summed E-state index contributed by atoms with van der Waals surface area (Å²) in [6.07, 6.45) is 1.62. The van der Waals surface area contributed by atoms with Gasteiger partial charge in [-0.25, -0.2) is 0 Å². The maximum absolute atomic E-state index is 9.31. The van der Waals surface area contributed by atoms with Crippen LogP contribution in [-0.2, 0) is 6.61 Å². The molecule has 0 bridgehead atoms. The lowest BCUT2D eigenvalue weighted by Gasteiger charge is -2.13. The van der Waals surface area contributed by atoms with Crippen LogP contribution < -0.4 is 9.47 Å². The highest BCUT2D eigenvalue weighted by Crippen LogP contribution is 2.33. The minimum absolute atomic E-state index is 0.114. The van der Waals surface area contributed by atoms with E-state index in [9.17, 15) is 5.11 Å². The predicted molar refractivity (Wildman–Crippen MR) is 72.7 cm³/mol. The van der Waals surface area contributed by atoms with Crippen molar-refractivity contribution in [1.82, 2.24) is 4.98 Å². The van der Waals surface area contributed by atoms with Crippen molar-refractivity contribution < 1.29 is 14.6 Å². The van der Waals surface area contributed by atoms with E-state index in [4.69, 9.17) is 9.47 Å². The van der Waals surface area contributed by atoms with Crippen LogP contribution in [0, 0.1) is 13.8 Å². The molecule has 4 heteroatoms. The fourth-order valence-corrected chi connectivity index (χ4v) is 1.75. The Morgan fingerprint density at radius 2 is 1.89 bits per heavy atom. The summed E-state index contributed by atoms with van der Waals surface area (Å²) >= 11 is 0. The lowest BCUT2D eigenvalue weighted by Crippen LogP contribution is -1.96. The van der Waals surface area contributed by atoms with Crippen molar-refractivity contribution in [2.24, 2.45) is 0 Å². The molecule has 0 aliphatic carbocycles. The number of nitrogens with zero attached hydrogens (tertiary/aromatic N) is 1. The quantitative estimate of drug-likeness (QED) is 0.917. The van der Waals surface area contributed by atoms with Crippen LogP contribution in [0.3, 0.4) is 0 Å². The molecule has 0 radical (unpaired) electrons. The summed E-state index contributed by atoms with van der Waals surface area (Å²) < 4.78 is 11.1. The van der Waals surface area contributed by atoms with Crippen molar-refractivity contribution in [3.05, 3.63) is 47.3 Å². The van der Waals surface area contributed by atoms with Gasteiger partial charge in [-0.3, -0.25) is 4.98 Å². The van der Waals surface area contributed by atoms with Gasteiger partial charge in [-0.2, -0.15) is 0 Å².